The van der Waals surface area contributed by atoms with Gasteiger partial charge in [0.25, 0.3) is 0 Å². The third-order valence-corrected chi connectivity index (χ3v) is 2.89. The summed E-state index contributed by atoms with van der Waals surface area (Å²) in [5.41, 5.74) is 0. The predicted octanol–water partition coefficient (Wildman–Crippen LogP) is 0.860. The molecule has 0 aromatic carbocycles. The molecule has 0 bridgehead atoms. The van der Waals surface area contributed by atoms with Crippen LogP contribution in [-0.4, -0.2) is 12.6 Å². The zero-order valence-electron chi connectivity index (χ0n) is 5.52. The van der Waals surface area contributed by atoms with Gasteiger partial charge in [-0.1, -0.05) is 6.92 Å². The van der Waals surface area contributed by atoms with E-state index in [1.807, 2.05) is 0 Å². The van der Waals surface area contributed by atoms with Gasteiger partial charge in [0.2, 0.25) is 0 Å². The van der Waals surface area contributed by atoms with Gasteiger partial charge in [-0.25, -0.2) is 0 Å². The minimum absolute atomic E-state index is 0.815. The average Bonchev–Trinajstić information content (AvgIpc) is 2.13. The van der Waals surface area contributed by atoms with Crippen molar-refractivity contribution in [1.82, 2.24) is 5.32 Å². The summed E-state index contributed by atoms with van der Waals surface area (Å²) in [6.07, 6.45) is 0. The van der Waals surface area contributed by atoms with Gasteiger partial charge in [0.05, 0.1) is 0 Å². The third kappa shape index (κ3) is 0.408. The molecule has 1 saturated heterocycles. The van der Waals surface area contributed by atoms with Crippen LogP contribution in [0.25, 0.3) is 0 Å². The van der Waals surface area contributed by atoms with Gasteiger partial charge in [0, 0.05) is 6.04 Å². The molecule has 2 fully saturated rings. The summed E-state index contributed by atoms with van der Waals surface area (Å²) < 4.78 is 0. The van der Waals surface area contributed by atoms with E-state index in [1.165, 1.54) is 6.54 Å². The Morgan fingerprint density at radius 1 is 1.38 bits per heavy atom. The van der Waals surface area contributed by atoms with Gasteiger partial charge in [-0.3, -0.25) is 0 Å². The van der Waals surface area contributed by atoms with Gasteiger partial charge in [-0.2, -0.15) is 0 Å². The highest BCUT2D eigenvalue weighted by Gasteiger charge is 2.53. The van der Waals surface area contributed by atoms with E-state index in [0.29, 0.717) is 0 Å². The molecule has 1 heterocycles. The lowest BCUT2D eigenvalue weighted by Gasteiger charge is -2.05. The van der Waals surface area contributed by atoms with Crippen molar-refractivity contribution in [2.75, 3.05) is 6.54 Å². The van der Waals surface area contributed by atoms with Crippen LogP contribution in [0.15, 0.2) is 0 Å². The molecule has 0 aromatic heterocycles. The maximum atomic E-state index is 3.45. The highest BCUT2D eigenvalue weighted by Crippen LogP contribution is 2.51. The van der Waals surface area contributed by atoms with E-state index >= 15 is 0 Å². The molecule has 0 spiro atoms. The van der Waals surface area contributed by atoms with E-state index in [2.05, 4.69) is 19.2 Å². The number of fused-ring (bicyclic) bond motifs is 1. The summed E-state index contributed by atoms with van der Waals surface area (Å²) >= 11 is 0. The first kappa shape index (κ1) is 4.80. The van der Waals surface area contributed by atoms with Crippen molar-refractivity contribution in [3.05, 3.63) is 0 Å². The quantitative estimate of drug-likeness (QED) is 0.489. The molecule has 4 atom stereocenters. The fraction of sp³-hybridized carbons (Fsp3) is 1.00. The van der Waals surface area contributed by atoms with Crippen LogP contribution in [0.3, 0.4) is 0 Å². The lowest BCUT2D eigenvalue weighted by Crippen LogP contribution is -2.24. The Hall–Kier alpha value is -0.0400. The molecule has 0 radical (unpaired) electrons. The smallest absolute Gasteiger partial charge is 0.00730 e. The van der Waals surface area contributed by atoms with Crippen LogP contribution >= 0.6 is 0 Å². The Morgan fingerprint density at radius 3 is 2.38 bits per heavy atom. The first-order chi connectivity index (χ1) is 3.80. The number of hydrogen-bond donors (Lipinski definition) is 1. The van der Waals surface area contributed by atoms with E-state index in [9.17, 15) is 0 Å². The van der Waals surface area contributed by atoms with Gasteiger partial charge in [0.15, 0.2) is 0 Å². The second-order valence-electron chi connectivity index (χ2n) is 3.30. The molecule has 1 N–H and O–H groups in total. The minimum atomic E-state index is 0.815. The maximum Gasteiger partial charge on any atom is 0.00730 e. The molecule has 1 aliphatic carbocycles. The van der Waals surface area contributed by atoms with Crippen molar-refractivity contribution in [3.8, 4) is 0 Å². The summed E-state index contributed by atoms with van der Waals surface area (Å²) in [4.78, 5) is 0. The Kier molecular flexibility index (Phi) is 0.762. The Morgan fingerprint density at radius 2 is 2.12 bits per heavy atom. The van der Waals surface area contributed by atoms with Gasteiger partial charge in [0.1, 0.15) is 0 Å². The normalized spacial score (nSPS) is 60.8. The van der Waals surface area contributed by atoms with E-state index in [4.69, 9.17) is 0 Å². The topological polar surface area (TPSA) is 12.0 Å². The van der Waals surface area contributed by atoms with E-state index in [1.54, 1.807) is 0 Å². The van der Waals surface area contributed by atoms with Gasteiger partial charge in [-0.15, -0.1) is 0 Å². The first-order valence-electron chi connectivity index (χ1n) is 3.54. The highest BCUT2D eigenvalue weighted by atomic mass is 15.0. The van der Waals surface area contributed by atoms with Crippen LogP contribution in [0, 0.1) is 17.8 Å². The molecular weight excluding hydrogens is 98.1 g/mol. The van der Waals surface area contributed by atoms with Crippen molar-refractivity contribution in [2.45, 2.75) is 19.9 Å². The van der Waals surface area contributed by atoms with Crippen molar-refractivity contribution < 1.29 is 0 Å². The molecule has 2 aliphatic rings. The standard InChI is InChI=1S/C7H13N/c1-4-6-3-8-5(2)7(4)6/h4-8H,3H2,1-2H3. The zero-order valence-corrected chi connectivity index (χ0v) is 5.52. The Labute approximate surface area is 50.5 Å². The predicted molar refractivity (Wildman–Crippen MR) is 33.6 cm³/mol. The molecule has 46 valence electrons. The molecule has 2 rings (SSSR count). The van der Waals surface area contributed by atoms with Crippen molar-refractivity contribution >= 4 is 0 Å². The molecule has 1 heteroatoms. The summed E-state index contributed by atoms with van der Waals surface area (Å²) in [7, 11) is 0. The van der Waals surface area contributed by atoms with E-state index < -0.39 is 0 Å². The second-order valence-corrected chi connectivity index (χ2v) is 3.30. The lowest BCUT2D eigenvalue weighted by atomic mass is 10.2. The summed E-state index contributed by atoms with van der Waals surface area (Å²) in [5, 5.41) is 3.45. The largest absolute Gasteiger partial charge is 0.314 e. The zero-order chi connectivity index (χ0) is 5.72. The second kappa shape index (κ2) is 1.27. The van der Waals surface area contributed by atoms with Gasteiger partial charge in [-0.05, 0) is 31.2 Å². The Balaban J connectivity index is 2.07. The SMILES string of the molecule is CC1NCC2C(C)C12. The molecular formula is C7H13N. The molecule has 1 saturated carbocycles. The van der Waals surface area contributed by atoms with Crippen LogP contribution in [0.5, 0.6) is 0 Å². The molecule has 0 aromatic rings. The molecule has 1 nitrogen and oxygen atoms in total. The van der Waals surface area contributed by atoms with Crippen molar-refractivity contribution in [3.63, 3.8) is 0 Å². The molecule has 0 amide bonds. The van der Waals surface area contributed by atoms with E-state index in [-0.39, 0.29) is 0 Å². The summed E-state index contributed by atoms with van der Waals surface area (Å²) in [5.74, 6) is 3.12. The van der Waals surface area contributed by atoms with Crippen molar-refractivity contribution in [2.24, 2.45) is 17.8 Å². The molecule has 1 aliphatic heterocycles. The van der Waals surface area contributed by atoms with Gasteiger partial charge < -0.3 is 5.32 Å². The van der Waals surface area contributed by atoms with Crippen LogP contribution in [-0.2, 0) is 0 Å². The average molecular weight is 111 g/mol. The maximum absolute atomic E-state index is 3.45. The third-order valence-electron chi connectivity index (χ3n) is 2.89. The first-order valence-corrected chi connectivity index (χ1v) is 3.54. The number of hydrogen-bond acceptors (Lipinski definition) is 1. The fourth-order valence-electron chi connectivity index (χ4n) is 2.19. The number of nitrogens with one attached hydrogen (secondary N) is 1. The summed E-state index contributed by atoms with van der Waals surface area (Å²) in [6.45, 7) is 5.95. The highest BCUT2D eigenvalue weighted by molar-refractivity contribution is 5.05. The summed E-state index contributed by atoms with van der Waals surface area (Å²) in [6, 6.07) is 0.815. The van der Waals surface area contributed by atoms with E-state index in [0.717, 1.165) is 23.8 Å². The molecule has 8 heavy (non-hydrogen) atoms. The van der Waals surface area contributed by atoms with Crippen molar-refractivity contribution in [1.29, 1.82) is 0 Å². The fourth-order valence-corrected chi connectivity index (χ4v) is 2.19. The lowest BCUT2D eigenvalue weighted by molar-refractivity contribution is 0.525. The number of rotatable bonds is 0. The molecule has 4 unspecified atom stereocenters. The van der Waals surface area contributed by atoms with Crippen LogP contribution in [0.2, 0.25) is 0 Å². The monoisotopic (exact) mass is 111 g/mol. The van der Waals surface area contributed by atoms with Gasteiger partial charge >= 0.3 is 0 Å². The Bertz CT molecular complexity index is 109. The minimum Gasteiger partial charge on any atom is -0.314 e. The van der Waals surface area contributed by atoms with Crippen LogP contribution in [0.1, 0.15) is 13.8 Å². The number of piperidine rings is 1. The van der Waals surface area contributed by atoms with Crippen LogP contribution in [0.4, 0.5) is 0 Å². The van der Waals surface area contributed by atoms with Crippen LogP contribution < -0.4 is 5.32 Å².